The van der Waals surface area contributed by atoms with E-state index < -0.39 is 0 Å². The maximum atomic E-state index is 9.30. The van der Waals surface area contributed by atoms with E-state index in [1.54, 1.807) is 11.2 Å². The summed E-state index contributed by atoms with van der Waals surface area (Å²) in [6.07, 6.45) is 5.99. The Hall–Kier alpha value is -3.21. The highest BCUT2D eigenvalue weighted by atomic mass is 16.5. The predicted octanol–water partition coefficient (Wildman–Crippen LogP) is 2.98. The van der Waals surface area contributed by atoms with Gasteiger partial charge in [-0.1, -0.05) is 24.3 Å². The Labute approximate surface area is 192 Å². The summed E-state index contributed by atoms with van der Waals surface area (Å²) in [5.41, 5.74) is 8.27. The van der Waals surface area contributed by atoms with E-state index in [2.05, 4.69) is 35.3 Å². The summed E-state index contributed by atoms with van der Waals surface area (Å²) in [7, 11) is 0. The van der Waals surface area contributed by atoms with Crippen LogP contribution in [0, 0.1) is 11.3 Å². The number of hydrazine groups is 1. The smallest absolute Gasteiger partial charge is 0.119 e. The lowest BCUT2D eigenvalue weighted by molar-refractivity contribution is 0.306. The Kier molecular flexibility index (Phi) is 11.5. The number of nitrogens with one attached hydrogen (secondary N) is 1. The first-order valence-electron chi connectivity index (χ1n) is 11.2. The number of hydrogen-bond donors (Lipinski definition) is 3. The van der Waals surface area contributed by atoms with E-state index in [0.29, 0.717) is 13.2 Å². The first-order valence-corrected chi connectivity index (χ1v) is 11.2. The van der Waals surface area contributed by atoms with Crippen LogP contribution >= 0.6 is 0 Å². The second kappa shape index (κ2) is 14.7. The third-order valence-corrected chi connectivity index (χ3v) is 5.18. The minimum Gasteiger partial charge on any atom is -0.494 e. The number of benzene rings is 2. The zero-order chi connectivity index (χ0) is 23.0. The van der Waals surface area contributed by atoms with E-state index in [-0.39, 0.29) is 0 Å². The number of likely N-dealkylation sites (N-methyl/N-ethyl adjacent to an activating group) is 1. The lowest BCUT2D eigenvalue weighted by atomic mass is 10.1. The van der Waals surface area contributed by atoms with Crippen LogP contribution in [-0.4, -0.2) is 44.3 Å². The molecule has 2 aromatic rings. The SMILES string of the molecule is CCN(CCNCCCCOc1ccc(CCN(N)/C=C\N)cc1)c1ccccc1C#N. The van der Waals surface area contributed by atoms with Gasteiger partial charge in [-0.05, 0) is 62.6 Å². The van der Waals surface area contributed by atoms with Crippen LogP contribution in [0.5, 0.6) is 5.75 Å². The molecule has 0 fully saturated rings. The number of ether oxygens (including phenoxy) is 1. The third kappa shape index (κ3) is 8.88. The molecule has 0 atom stereocenters. The molecule has 0 unspecified atom stereocenters. The van der Waals surface area contributed by atoms with Gasteiger partial charge in [-0.2, -0.15) is 5.26 Å². The number of anilines is 1. The molecule has 0 aliphatic heterocycles. The molecule has 0 aliphatic rings. The van der Waals surface area contributed by atoms with Crippen molar-refractivity contribution in [3.8, 4) is 11.8 Å². The topological polar surface area (TPSA) is 104 Å². The molecule has 0 aliphatic carbocycles. The third-order valence-electron chi connectivity index (χ3n) is 5.18. The van der Waals surface area contributed by atoms with Crippen molar-refractivity contribution < 1.29 is 4.74 Å². The van der Waals surface area contributed by atoms with Gasteiger partial charge < -0.3 is 25.7 Å². The second-order valence-corrected chi connectivity index (χ2v) is 7.49. The minimum atomic E-state index is 0.704. The summed E-state index contributed by atoms with van der Waals surface area (Å²) in [4.78, 5) is 2.23. The standard InChI is InChI=1S/C25H36N6O/c1-2-30(25-8-4-3-7-23(25)21-27)19-16-29-15-5-6-20-32-24-11-9-22(10-12-24)13-17-31(28)18-14-26/h3-4,7-12,14,18,29H,2,5-6,13,15-17,19-20,26,28H2,1H3/b18-14-. The van der Waals surface area contributed by atoms with Gasteiger partial charge in [0.15, 0.2) is 0 Å². The number of nitriles is 1. The van der Waals surface area contributed by atoms with Crippen LogP contribution in [0.15, 0.2) is 60.9 Å². The van der Waals surface area contributed by atoms with Gasteiger partial charge in [0.2, 0.25) is 0 Å². The number of hydrogen-bond acceptors (Lipinski definition) is 7. The van der Waals surface area contributed by atoms with Crippen molar-refractivity contribution in [3.05, 3.63) is 72.1 Å². The average Bonchev–Trinajstić information content (AvgIpc) is 2.83. The Morgan fingerprint density at radius 2 is 1.84 bits per heavy atom. The molecule has 0 radical (unpaired) electrons. The van der Waals surface area contributed by atoms with Gasteiger partial charge in [0, 0.05) is 38.6 Å². The van der Waals surface area contributed by atoms with Gasteiger partial charge in [-0.3, -0.25) is 0 Å². The quantitative estimate of drug-likeness (QED) is 0.224. The van der Waals surface area contributed by atoms with Gasteiger partial charge in [0.25, 0.3) is 0 Å². The van der Waals surface area contributed by atoms with Gasteiger partial charge in [-0.15, -0.1) is 0 Å². The van der Waals surface area contributed by atoms with Crippen molar-refractivity contribution in [2.75, 3.05) is 44.2 Å². The molecule has 0 spiro atoms. The second-order valence-electron chi connectivity index (χ2n) is 7.49. The molecule has 32 heavy (non-hydrogen) atoms. The molecule has 5 N–H and O–H groups in total. The molecule has 0 saturated heterocycles. The Bertz CT molecular complexity index is 846. The van der Waals surface area contributed by atoms with Crippen molar-refractivity contribution in [2.45, 2.75) is 26.2 Å². The van der Waals surface area contributed by atoms with Crippen LogP contribution in [0.1, 0.15) is 30.9 Å². The van der Waals surface area contributed by atoms with Crippen molar-refractivity contribution in [3.63, 3.8) is 0 Å². The van der Waals surface area contributed by atoms with Gasteiger partial charge in [-0.25, -0.2) is 5.84 Å². The number of unbranched alkanes of at least 4 members (excludes halogenated alkanes) is 1. The highest BCUT2D eigenvalue weighted by Gasteiger charge is 2.08. The Morgan fingerprint density at radius 1 is 1.06 bits per heavy atom. The van der Waals surface area contributed by atoms with Crippen molar-refractivity contribution in [2.24, 2.45) is 11.6 Å². The number of nitrogens with zero attached hydrogens (tertiary/aromatic N) is 3. The summed E-state index contributed by atoms with van der Waals surface area (Å²) in [6.45, 7) is 7.12. The van der Waals surface area contributed by atoms with Crippen LogP contribution in [0.4, 0.5) is 5.69 Å². The molecule has 7 heteroatoms. The summed E-state index contributed by atoms with van der Waals surface area (Å²) in [5.74, 6) is 6.66. The van der Waals surface area contributed by atoms with Crippen molar-refractivity contribution >= 4 is 5.69 Å². The van der Waals surface area contributed by atoms with Crippen LogP contribution in [0.2, 0.25) is 0 Å². The van der Waals surface area contributed by atoms with Gasteiger partial charge in [0.1, 0.15) is 11.8 Å². The van der Waals surface area contributed by atoms with E-state index in [9.17, 15) is 5.26 Å². The summed E-state index contributed by atoms with van der Waals surface area (Å²) < 4.78 is 5.84. The Morgan fingerprint density at radius 3 is 2.56 bits per heavy atom. The molecule has 7 nitrogen and oxygen atoms in total. The van der Waals surface area contributed by atoms with E-state index in [1.165, 1.54) is 11.8 Å². The van der Waals surface area contributed by atoms with Gasteiger partial charge >= 0.3 is 0 Å². The largest absolute Gasteiger partial charge is 0.494 e. The monoisotopic (exact) mass is 436 g/mol. The highest BCUT2D eigenvalue weighted by molar-refractivity contribution is 5.59. The van der Waals surface area contributed by atoms with E-state index >= 15 is 0 Å². The van der Waals surface area contributed by atoms with Crippen molar-refractivity contribution in [1.82, 2.24) is 10.3 Å². The van der Waals surface area contributed by atoms with E-state index in [4.69, 9.17) is 16.3 Å². The summed E-state index contributed by atoms with van der Waals surface area (Å²) >= 11 is 0. The van der Waals surface area contributed by atoms with Crippen LogP contribution in [0.25, 0.3) is 0 Å². The van der Waals surface area contributed by atoms with Crippen molar-refractivity contribution in [1.29, 1.82) is 5.26 Å². The number of nitrogens with two attached hydrogens (primary N) is 2. The maximum absolute atomic E-state index is 9.30. The number of rotatable bonds is 15. The van der Waals surface area contributed by atoms with Crippen LogP contribution in [-0.2, 0) is 6.42 Å². The van der Waals surface area contributed by atoms with Crippen LogP contribution < -0.4 is 26.5 Å². The molecule has 172 valence electrons. The zero-order valence-electron chi connectivity index (χ0n) is 19.0. The fourth-order valence-electron chi connectivity index (χ4n) is 3.37. The average molecular weight is 437 g/mol. The summed E-state index contributed by atoms with van der Waals surface area (Å²) in [6, 6.07) is 18.2. The first-order chi connectivity index (χ1) is 15.7. The van der Waals surface area contributed by atoms with Gasteiger partial charge in [0.05, 0.1) is 17.9 Å². The zero-order valence-corrected chi connectivity index (χ0v) is 19.0. The van der Waals surface area contributed by atoms with Crippen LogP contribution in [0.3, 0.4) is 0 Å². The molecule has 0 heterocycles. The van der Waals surface area contributed by atoms with E-state index in [0.717, 1.165) is 62.4 Å². The molecular weight excluding hydrogens is 400 g/mol. The molecular formula is C25H36N6O. The minimum absolute atomic E-state index is 0.704. The normalized spacial score (nSPS) is 10.8. The lowest BCUT2D eigenvalue weighted by Crippen LogP contribution is -2.33. The predicted molar refractivity (Wildman–Crippen MR) is 131 cm³/mol. The summed E-state index contributed by atoms with van der Waals surface area (Å²) in [5, 5.41) is 14.4. The fraction of sp³-hybridized carbons (Fsp3) is 0.400. The molecule has 0 bridgehead atoms. The fourth-order valence-corrected chi connectivity index (χ4v) is 3.37. The molecule has 0 saturated carbocycles. The maximum Gasteiger partial charge on any atom is 0.119 e. The molecule has 2 rings (SSSR count). The van der Waals surface area contributed by atoms with E-state index in [1.807, 2.05) is 36.4 Å². The molecule has 0 aromatic heterocycles. The molecule has 2 aromatic carbocycles. The first kappa shape index (κ1) is 25.1. The Balaban J connectivity index is 1.57. The highest BCUT2D eigenvalue weighted by Crippen LogP contribution is 2.18. The molecule has 0 amide bonds. The lowest BCUT2D eigenvalue weighted by Gasteiger charge is -2.24. The number of para-hydroxylation sites is 1.